The van der Waals surface area contributed by atoms with Gasteiger partial charge in [0.2, 0.25) is 4.96 Å². The maximum absolute atomic E-state index is 11.8. The largest absolute Gasteiger partial charge is 0.296 e. The Balaban J connectivity index is 1.72. The molecule has 0 radical (unpaired) electrons. The zero-order valence-electron chi connectivity index (χ0n) is 11.1. The summed E-state index contributed by atoms with van der Waals surface area (Å²) in [7, 11) is 0. The van der Waals surface area contributed by atoms with E-state index in [4.69, 9.17) is 0 Å². The first-order valence-electron chi connectivity index (χ1n) is 6.50. The van der Waals surface area contributed by atoms with Crippen LogP contribution in [-0.2, 0) is 12.8 Å². The molecule has 0 amide bonds. The third-order valence-corrected chi connectivity index (χ3v) is 4.05. The standard InChI is InChI=1S/C14H14N4OS/c1-10-13(19)18-14(16-15-10)20-12(17-18)9-5-8-11-6-3-2-4-7-11/h2-4,6-7H,5,8-9H2,1H3. The first-order valence-corrected chi connectivity index (χ1v) is 7.31. The second kappa shape index (κ2) is 5.50. The summed E-state index contributed by atoms with van der Waals surface area (Å²) in [5.74, 6) is 0. The number of nitrogens with zero attached hydrogens (tertiary/aromatic N) is 4. The number of hydrogen-bond acceptors (Lipinski definition) is 5. The Hall–Kier alpha value is -2.08. The molecule has 0 unspecified atom stereocenters. The van der Waals surface area contributed by atoms with E-state index < -0.39 is 0 Å². The van der Waals surface area contributed by atoms with Gasteiger partial charge in [-0.3, -0.25) is 4.79 Å². The van der Waals surface area contributed by atoms with E-state index in [1.807, 2.05) is 18.2 Å². The Bertz CT molecular complexity index is 779. The number of aryl methyl sites for hydroxylation is 3. The second-order valence-electron chi connectivity index (χ2n) is 4.62. The first-order chi connectivity index (χ1) is 9.74. The van der Waals surface area contributed by atoms with Gasteiger partial charge in [0.1, 0.15) is 10.7 Å². The van der Waals surface area contributed by atoms with Crippen LogP contribution in [0, 0.1) is 6.92 Å². The predicted molar refractivity (Wildman–Crippen MR) is 78.1 cm³/mol. The van der Waals surface area contributed by atoms with Gasteiger partial charge in [-0.2, -0.15) is 9.61 Å². The average Bonchev–Trinajstić information content (AvgIpc) is 2.88. The van der Waals surface area contributed by atoms with Crippen molar-refractivity contribution < 1.29 is 0 Å². The molecule has 2 heterocycles. The van der Waals surface area contributed by atoms with Crippen LogP contribution >= 0.6 is 11.3 Å². The molecule has 0 aliphatic heterocycles. The van der Waals surface area contributed by atoms with Crippen LogP contribution in [0.25, 0.3) is 4.96 Å². The van der Waals surface area contributed by atoms with Crippen molar-refractivity contribution in [2.24, 2.45) is 0 Å². The molecule has 5 nitrogen and oxygen atoms in total. The van der Waals surface area contributed by atoms with Gasteiger partial charge in [-0.1, -0.05) is 41.7 Å². The number of fused-ring (bicyclic) bond motifs is 1. The Labute approximate surface area is 119 Å². The van der Waals surface area contributed by atoms with Gasteiger partial charge in [-0.25, -0.2) is 0 Å². The molecule has 0 N–H and O–H groups in total. The molecule has 0 aliphatic rings. The van der Waals surface area contributed by atoms with Crippen LogP contribution in [0.3, 0.4) is 0 Å². The lowest BCUT2D eigenvalue weighted by molar-refractivity contribution is 0.764. The number of hydrogen-bond donors (Lipinski definition) is 0. The van der Waals surface area contributed by atoms with Crippen molar-refractivity contribution in [3.8, 4) is 0 Å². The Morgan fingerprint density at radius 3 is 2.75 bits per heavy atom. The first kappa shape index (κ1) is 12.9. The number of aromatic nitrogens is 4. The lowest BCUT2D eigenvalue weighted by atomic mass is 10.1. The van der Waals surface area contributed by atoms with Crippen molar-refractivity contribution in [2.75, 3.05) is 0 Å². The smallest absolute Gasteiger partial charge is 0.265 e. The molecule has 20 heavy (non-hydrogen) atoms. The molecular formula is C14H14N4OS. The topological polar surface area (TPSA) is 60.1 Å². The van der Waals surface area contributed by atoms with Gasteiger partial charge >= 0.3 is 0 Å². The van der Waals surface area contributed by atoms with Crippen LogP contribution in [0.1, 0.15) is 22.7 Å². The molecular weight excluding hydrogens is 272 g/mol. The molecule has 0 bridgehead atoms. The summed E-state index contributed by atoms with van der Waals surface area (Å²) in [5, 5.41) is 13.1. The van der Waals surface area contributed by atoms with Gasteiger partial charge < -0.3 is 0 Å². The zero-order valence-corrected chi connectivity index (χ0v) is 11.9. The van der Waals surface area contributed by atoms with Crippen LogP contribution in [0.5, 0.6) is 0 Å². The summed E-state index contributed by atoms with van der Waals surface area (Å²) in [6.45, 7) is 1.65. The molecule has 0 saturated heterocycles. The van der Waals surface area contributed by atoms with Gasteiger partial charge in [-0.15, -0.1) is 10.2 Å². The molecule has 0 spiro atoms. The lowest BCUT2D eigenvalue weighted by Gasteiger charge is -1.98. The highest BCUT2D eigenvalue weighted by atomic mass is 32.1. The van der Waals surface area contributed by atoms with Crippen LogP contribution in [0.15, 0.2) is 35.1 Å². The molecule has 0 saturated carbocycles. The lowest BCUT2D eigenvalue weighted by Crippen LogP contribution is -2.19. The Morgan fingerprint density at radius 2 is 1.95 bits per heavy atom. The van der Waals surface area contributed by atoms with Crippen molar-refractivity contribution in [3.63, 3.8) is 0 Å². The quantitative estimate of drug-likeness (QED) is 0.736. The minimum Gasteiger partial charge on any atom is -0.265 e. The third kappa shape index (κ3) is 2.60. The van der Waals surface area contributed by atoms with Crippen LogP contribution in [-0.4, -0.2) is 19.8 Å². The molecule has 0 fully saturated rings. The summed E-state index contributed by atoms with van der Waals surface area (Å²) < 4.78 is 1.35. The van der Waals surface area contributed by atoms with Gasteiger partial charge in [0.05, 0.1) is 0 Å². The highest BCUT2D eigenvalue weighted by Crippen LogP contribution is 2.13. The van der Waals surface area contributed by atoms with Crippen LogP contribution < -0.4 is 5.56 Å². The highest BCUT2D eigenvalue weighted by molar-refractivity contribution is 7.16. The normalized spacial score (nSPS) is 11.1. The summed E-state index contributed by atoms with van der Waals surface area (Å²) in [6.07, 6.45) is 2.86. The van der Waals surface area contributed by atoms with E-state index in [1.54, 1.807) is 6.92 Å². The van der Waals surface area contributed by atoms with E-state index in [2.05, 4.69) is 27.4 Å². The molecule has 3 rings (SSSR count). The van der Waals surface area contributed by atoms with Gasteiger partial charge in [-0.05, 0) is 25.3 Å². The summed E-state index contributed by atoms with van der Waals surface area (Å²) >= 11 is 1.43. The molecule has 2 aromatic heterocycles. The van der Waals surface area contributed by atoms with E-state index in [0.29, 0.717) is 10.7 Å². The average molecular weight is 286 g/mol. The van der Waals surface area contributed by atoms with Gasteiger partial charge in [0.15, 0.2) is 0 Å². The van der Waals surface area contributed by atoms with Crippen molar-refractivity contribution >= 4 is 16.3 Å². The van der Waals surface area contributed by atoms with E-state index in [1.165, 1.54) is 21.4 Å². The zero-order chi connectivity index (χ0) is 13.9. The van der Waals surface area contributed by atoms with E-state index in [9.17, 15) is 4.79 Å². The number of benzene rings is 1. The van der Waals surface area contributed by atoms with Gasteiger partial charge in [0, 0.05) is 6.42 Å². The molecule has 0 aliphatic carbocycles. The Morgan fingerprint density at radius 1 is 1.15 bits per heavy atom. The van der Waals surface area contributed by atoms with Crippen molar-refractivity contribution in [3.05, 3.63) is 57.0 Å². The monoisotopic (exact) mass is 286 g/mol. The molecule has 6 heteroatoms. The molecule has 3 aromatic rings. The number of rotatable bonds is 4. The fourth-order valence-electron chi connectivity index (χ4n) is 2.02. The van der Waals surface area contributed by atoms with Crippen LogP contribution in [0.2, 0.25) is 0 Å². The maximum Gasteiger partial charge on any atom is 0.296 e. The fraction of sp³-hybridized carbons (Fsp3) is 0.286. The predicted octanol–water partition coefficient (Wildman–Crippen LogP) is 2.03. The van der Waals surface area contributed by atoms with E-state index >= 15 is 0 Å². The SMILES string of the molecule is Cc1nnc2sc(CCCc3ccccc3)nn2c1=O. The molecule has 102 valence electrons. The summed E-state index contributed by atoms with van der Waals surface area (Å²) in [5.41, 5.74) is 1.52. The van der Waals surface area contributed by atoms with Crippen molar-refractivity contribution in [1.29, 1.82) is 0 Å². The minimum absolute atomic E-state index is 0.180. The minimum atomic E-state index is -0.180. The van der Waals surface area contributed by atoms with Crippen molar-refractivity contribution in [2.45, 2.75) is 26.2 Å². The highest BCUT2D eigenvalue weighted by Gasteiger charge is 2.09. The fourth-order valence-corrected chi connectivity index (χ4v) is 2.89. The Kier molecular flexibility index (Phi) is 3.56. The maximum atomic E-state index is 11.8. The molecule has 0 atom stereocenters. The third-order valence-electron chi connectivity index (χ3n) is 3.09. The van der Waals surface area contributed by atoms with Gasteiger partial charge in [0.25, 0.3) is 5.56 Å². The summed E-state index contributed by atoms with van der Waals surface area (Å²) in [6, 6.07) is 10.4. The second-order valence-corrected chi connectivity index (χ2v) is 5.66. The van der Waals surface area contributed by atoms with E-state index in [0.717, 1.165) is 24.3 Å². The van der Waals surface area contributed by atoms with Crippen LogP contribution in [0.4, 0.5) is 0 Å². The van der Waals surface area contributed by atoms with E-state index in [-0.39, 0.29) is 5.56 Å². The molecule has 1 aromatic carbocycles. The van der Waals surface area contributed by atoms with Crippen molar-refractivity contribution in [1.82, 2.24) is 19.8 Å². The summed E-state index contributed by atoms with van der Waals surface area (Å²) in [4.78, 5) is 12.4.